The number of nitrogens with one attached hydrogen (secondary N) is 1. The Balaban J connectivity index is 1.49. The number of nitrogens with zero attached hydrogens (tertiary/aromatic N) is 1. The molecule has 0 unspecified atom stereocenters. The quantitative estimate of drug-likeness (QED) is 0.508. The van der Waals surface area contributed by atoms with Crippen LogP contribution in [-0.4, -0.2) is 18.9 Å². The van der Waals surface area contributed by atoms with E-state index in [0.717, 1.165) is 16.5 Å². The Hall–Kier alpha value is -3.44. The summed E-state index contributed by atoms with van der Waals surface area (Å²) in [6, 6.07) is 24.6. The van der Waals surface area contributed by atoms with Gasteiger partial charge in [-0.05, 0) is 58.6 Å². The van der Waals surface area contributed by atoms with Crippen molar-refractivity contribution in [2.24, 2.45) is 0 Å². The molecule has 1 heterocycles. The van der Waals surface area contributed by atoms with Crippen LogP contribution in [0.15, 0.2) is 84.2 Å². The lowest BCUT2D eigenvalue weighted by atomic mass is 10.1. The summed E-state index contributed by atoms with van der Waals surface area (Å²) < 4.78 is 0. The lowest BCUT2D eigenvalue weighted by Gasteiger charge is -2.18. The van der Waals surface area contributed by atoms with Crippen LogP contribution in [0.3, 0.4) is 0 Å². The first-order valence-electron chi connectivity index (χ1n) is 8.83. The van der Waals surface area contributed by atoms with Crippen LogP contribution in [0.4, 0.5) is 11.4 Å². The number of benzene rings is 3. The molecule has 0 radical (unpaired) electrons. The smallest absolute Gasteiger partial charge is 0.265 e. The van der Waals surface area contributed by atoms with Gasteiger partial charge in [0.25, 0.3) is 11.8 Å². The molecule has 28 heavy (non-hydrogen) atoms. The molecule has 0 aliphatic carbocycles. The van der Waals surface area contributed by atoms with E-state index in [1.54, 1.807) is 42.3 Å². The Bertz CT molecular complexity index is 1130. The molecule has 0 atom stereocenters. The van der Waals surface area contributed by atoms with E-state index in [9.17, 15) is 9.59 Å². The SMILES string of the molecule is CN(C(=O)c1ccc(NC(=O)c2cccs2)cc1)c1ccc2ccccc2c1. The van der Waals surface area contributed by atoms with Gasteiger partial charge in [-0.15, -0.1) is 11.3 Å². The summed E-state index contributed by atoms with van der Waals surface area (Å²) in [4.78, 5) is 27.2. The van der Waals surface area contributed by atoms with E-state index >= 15 is 0 Å². The number of amides is 2. The third-order valence-electron chi connectivity index (χ3n) is 4.56. The van der Waals surface area contributed by atoms with E-state index < -0.39 is 0 Å². The third-order valence-corrected chi connectivity index (χ3v) is 5.43. The largest absolute Gasteiger partial charge is 0.321 e. The molecular formula is C23H18N2O2S. The first-order chi connectivity index (χ1) is 13.6. The van der Waals surface area contributed by atoms with Gasteiger partial charge in [-0.1, -0.05) is 36.4 Å². The zero-order chi connectivity index (χ0) is 19.5. The van der Waals surface area contributed by atoms with E-state index in [1.807, 2.05) is 53.9 Å². The van der Waals surface area contributed by atoms with Gasteiger partial charge in [0.15, 0.2) is 0 Å². The number of fused-ring (bicyclic) bond motifs is 1. The molecule has 0 aliphatic rings. The number of rotatable bonds is 4. The number of anilines is 2. The summed E-state index contributed by atoms with van der Waals surface area (Å²) in [5.41, 5.74) is 2.05. The van der Waals surface area contributed by atoms with Crippen LogP contribution >= 0.6 is 11.3 Å². The van der Waals surface area contributed by atoms with Crippen molar-refractivity contribution in [1.29, 1.82) is 0 Å². The molecule has 1 aromatic heterocycles. The molecular weight excluding hydrogens is 368 g/mol. The minimum Gasteiger partial charge on any atom is -0.321 e. The second-order valence-corrected chi connectivity index (χ2v) is 7.35. The van der Waals surface area contributed by atoms with Crippen molar-refractivity contribution >= 4 is 45.3 Å². The number of hydrogen-bond donors (Lipinski definition) is 1. The Labute approximate surface area is 167 Å². The molecule has 5 heteroatoms. The van der Waals surface area contributed by atoms with Gasteiger partial charge in [-0.3, -0.25) is 9.59 Å². The summed E-state index contributed by atoms with van der Waals surface area (Å²) >= 11 is 1.39. The number of carbonyl (C=O) groups is 2. The van der Waals surface area contributed by atoms with Crippen molar-refractivity contribution in [1.82, 2.24) is 0 Å². The van der Waals surface area contributed by atoms with Gasteiger partial charge in [0.05, 0.1) is 4.88 Å². The average Bonchev–Trinajstić information content (AvgIpc) is 3.28. The van der Waals surface area contributed by atoms with Gasteiger partial charge >= 0.3 is 0 Å². The summed E-state index contributed by atoms with van der Waals surface area (Å²) in [6.07, 6.45) is 0. The number of carbonyl (C=O) groups excluding carboxylic acids is 2. The molecule has 138 valence electrons. The van der Waals surface area contributed by atoms with Crippen molar-refractivity contribution in [2.45, 2.75) is 0 Å². The predicted octanol–water partition coefficient (Wildman–Crippen LogP) is 5.43. The topological polar surface area (TPSA) is 49.4 Å². The second kappa shape index (κ2) is 7.66. The molecule has 0 saturated heterocycles. The van der Waals surface area contributed by atoms with Crippen molar-refractivity contribution in [3.8, 4) is 0 Å². The normalized spacial score (nSPS) is 10.6. The van der Waals surface area contributed by atoms with E-state index in [2.05, 4.69) is 5.32 Å². The predicted molar refractivity (Wildman–Crippen MR) is 115 cm³/mol. The van der Waals surface area contributed by atoms with E-state index in [1.165, 1.54) is 11.3 Å². The fourth-order valence-corrected chi connectivity index (χ4v) is 3.61. The van der Waals surface area contributed by atoms with Crippen LogP contribution in [0.1, 0.15) is 20.0 Å². The molecule has 0 saturated carbocycles. The van der Waals surface area contributed by atoms with Crippen LogP contribution in [0.25, 0.3) is 10.8 Å². The summed E-state index contributed by atoms with van der Waals surface area (Å²) in [5, 5.41) is 6.92. The maximum absolute atomic E-state index is 12.8. The summed E-state index contributed by atoms with van der Waals surface area (Å²) in [7, 11) is 1.76. The van der Waals surface area contributed by atoms with E-state index in [-0.39, 0.29) is 11.8 Å². The molecule has 0 aliphatic heterocycles. The number of hydrogen-bond acceptors (Lipinski definition) is 3. The highest BCUT2D eigenvalue weighted by Gasteiger charge is 2.14. The van der Waals surface area contributed by atoms with Gasteiger partial charge in [0.1, 0.15) is 0 Å². The van der Waals surface area contributed by atoms with Crippen LogP contribution in [0, 0.1) is 0 Å². The lowest BCUT2D eigenvalue weighted by Crippen LogP contribution is -2.26. The second-order valence-electron chi connectivity index (χ2n) is 6.40. The fourth-order valence-electron chi connectivity index (χ4n) is 2.99. The minimum absolute atomic E-state index is 0.105. The minimum atomic E-state index is -0.151. The molecule has 4 aromatic rings. The Morgan fingerprint density at radius 3 is 2.32 bits per heavy atom. The van der Waals surface area contributed by atoms with Gasteiger partial charge in [0, 0.05) is 24.0 Å². The molecule has 0 fully saturated rings. The van der Waals surface area contributed by atoms with Gasteiger partial charge < -0.3 is 10.2 Å². The van der Waals surface area contributed by atoms with Crippen molar-refractivity contribution < 1.29 is 9.59 Å². The summed E-state index contributed by atoms with van der Waals surface area (Å²) in [6.45, 7) is 0. The Morgan fingerprint density at radius 2 is 1.61 bits per heavy atom. The maximum atomic E-state index is 12.8. The standard InChI is InChI=1S/C23H18N2O2S/c1-25(20-13-10-16-5-2-3-6-18(16)15-20)23(27)17-8-11-19(12-9-17)24-22(26)21-7-4-14-28-21/h2-15H,1H3,(H,24,26). The van der Waals surface area contributed by atoms with Crippen LogP contribution in [0.5, 0.6) is 0 Å². The monoisotopic (exact) mass is 386 g/mol. The maximum Gasteiger partial charge on any atom is 0.265 e. The molecule has 2 amide bonds. The molecule has 3 aromatic carbocycles. The van der Waals surface area contributed by atoms with Gasteiger partial charge in [-0.2, -0.15) is 0 Å². The average molecular weight is 386 g/mol. The Kier molecular flexibility index (Phi) is 4.91. The zero-order valence-corrected chi connectivity index (χ0v) is 16.1. The van der Waals surface area contributed by atoms with Crippen molar-refractivity contribution in [3.63, 3.8) is 0 Å². The van der Waals surface area contributed by atoms with E-state index in [4.69, 9.17) is 0 Å². The third kappa shape index (κ3) is 3.66. The van der Waals surface area contributed by atoms with Gasteiger partial charge in [-0.25, -0.2) is 0 Å². The fraction of sp³-hybridized carbons (Fsp3) is 0.0435. The molecule has 4 nitrogen and oxygen atoms in total. The first kappa shape index (κ1) is 17.9. The first-order valence-corrected chi connectivity index (χ1v) is 9.71. The van der Waals surface area contributed by atoms with Crippen molar-refractivity contribution in [2.75, 3.05) is 17.3 Å². The number of thiophene rings is 1. The van der Waals surface area contributed by atoms with Crippen LogP contribution in [-0.2, 0) is 0 Å². The van der Waals surface area contributed by atoms with Crippen LogP contribution in [0.2, 0.25) is 0 Å². The van der Waals surface area contributed by atoms with Gasteiger partial charge in [0.2, 0.25) is 0 Å². The summed E-state index contributed by atoms with van der Waals surface area (Å²) in [5.74, 6) is -0.256. The highest BCUT2D eigenvalue weighted by molar-refractivity contribution is 7.12. The molecule has 0 spiro atoms. The zero-order valence-electron chi connectivity index (χ0n) is 15.3. The lowest BCUT2D eigenvalue weighted by molar-refractivity contribution is 0.0991. The van der Waals surface area contributed by atoms with Crippen molar-refractivity contribution in [3.05, 3.63) is 94.7 Å². The molecule has 0 bridgehead atoms. The van der Waals surface area contributed by atoms with Crippen LogP contribution < -0.4 is 10.2 Å². The van der Waals surface area contributed by atoms with E-state index in [0.29, 0.717) is 16.1 Å². The highest BCUT2D eigenvalue weighted by atomic mass is 32.1. The molecule has 4 rings (SSSR count). The highest BCUT2D eigenvalue weighted by Crippen LogP contribution is 2.23. The molecule has 1 N–H and O–H groups in total. The Morgan fingerprint density at radius 1 is 0.857 bits per heavy atom.